The van der Waals surface area contributed by atoms with Crippen molar-refractivity contribution in [3.63, 3.8) is 0 Å². The number of hydrogen-bond acceptors (Lipinski definition) is 4. The van der Waals surface area contributed by atoms with Crippen LogP contribution in [0.1, 0.15) is 31.3 Å². The number of aromatic nitrogens is 2. The minimum Gasteiger partial charge on any atom is -0.240 e. The van der Waals surface area contributed by atoms with Gasteiger partial charge in [0, 0.05) is 12.6 Å². The molecule has 0 amide bonds. The standard InChI is InChI=1S/C15H18FN3O2S/c1-4-19(11(2)13-5-7-14(16)8-6-13)22(20,21)15-9-17-12(3)18-10-15/h5-11H,4H2,1-3H3/t11-/m1/s1. The summed E-state index contributed by atoms with van der Waals surface area (Å²) in [5.74, 6) is 0.155. The molecule has 1 aromatic heterocycles. The van der Waals surface area contributed by atoms with Crippen LogP contribution in [0.3, 0.4) is 0 Å². The molecule has 0 saturated heterocycles. The summed E-state index contributed by atoms with van der Waals surface area (Å²) in [5.41, 5.74) is 0.722. The predicted molar refractivity (Wildman–Crippen MR) is 81.1 cm³/mol. The fourth-order valence-corrected chi connectivity index (χ4v) is 3.73. The van der Waals surface area contributed by atoms with Gasteiger partial charge in [0.05, 0.1) is 12.4 Å². The summed E-state index contributed by atoms with van der Waals surface area (Å²) in [4.78, 5) is 7.93. The maximum atomic E-state index is 13.0. The summed E-state index contributed by atoms with van der Waals surface area (Å²) < 4.78 is 39.8. The van der Waals surface area contributed by atoms with E-state index in [-0.39, 0.29) is 17.3 Å². The van der Waals surface area contributed by atoms with E-state index >= 15 is 0 Å². The van der Waals surface area contributed by atoms with Gasteiger partial charge in [-0.3, -0.25) is 0 Å². The Kier molecular flexibility index (Phi) is 4.87. The largest absolute Gasteiger partial charge is 0.246 e. The second kappa shape index (κ2) is 6.50. The molecule has 0 aliphatic rings. The summed E-state index contributed by atoms with van der Waals surface area (Å²) in [6, 6.07) is 5.40. The summed E-state index contributed by atoms with van der Waals surface area (Å²) in [6.45, 7) is 5.50. The van der Waals surface area contributed by atoms with Crippen molar-refractivity contribution in [2.45, 2.75) is 31.7 Å². The fraction of sp³-hybridized carbons (Fsp3) is 0.333. The molecule has 0 fully saturated rings. The van der Waals surface area contributed by atoms with Crippen molar-refractivity contribution in [3.8, 4) is 0 Å². The average Bonchev–Trinajstić information content (AvgIpc) is 2.48. The van der Waals surface area contributed by atoms with E-state index in [9.17, 15) is 12.8 Å². The Morgan fingerprint density at radius 2 is 1.73 bits per heavy atom. The zero-order valence-corrected chi connectivity index (χ0v) is 13.5. The molecule has 0 aliphatic heterocycles. The van der Waals surface area contributed by atoms with Crippen molar-refractivity contribution in [1.82, 2.24) is 14.3 Å². The van der Waals surface area contributed by atoms with Crippen molar-refractivity contribution in [3.05, 3.63) is 53.9 Å². The zero-order chi connectivity index (χ0) is 16.3. The van der Waals surface area contributed by atoms with Crippen LogP contribution >= 0.6 is 0 Å². The lowest BCUT2D eigenvalue weighted by atomic mass is 10.1. The molecule has 0 radical (unpaired) electrons. The number of hydrogen-bond donors (Lipinski definition) is 0. The Morgan fingerprint density at radius 1 is 1.18 bits per heavy atom. The highest BCUT2D eigenvalue weighted by molar-refractivity contribution is 7.89. The molecule has 1 aromatic carbocycles. The summed E-state index contributed by atoms with van der Waals surface area (Å²) in [7, 11) is -3.71. The summed E-state index contributed by atoms with van der Waals surface area (Å²) >= 11 is 0. The van der Waals surface area contributed by atoms with E-state index in [2.05, 4.69) is 9.97 Å². The molecular formula is C15H18FN3O2S. The summed E-state index contributed by atoms with van der Waals surface area (Å²) in [6.07, 6.45) is 2.61. The van der Waals surface area contributed by atoms with E-state index in [4.69, 9.17) is 0 Å². The third kappa shape index (κ3) is 3.31. The van der Waals surface area contributed by atoms with Gasteiger partial charge in [-0.2, -0.15) is 4.31 Å². The van der Waals surface area contributed by atoms with Gasteiger partial charge in [-0.1, -0.05) is 19.1 Å². The molecule has 7 heteroatoms. The average molecular weight is 323 g/mol. The maximum Gasteiger partial charge on any atom is 0.246 e. The highest BCUT2D eigenvalue weighted by atomic mass is 32.2. The molecule has 5 nitrogen and oxygen atoms in total. The van der Waals surface area contributed by atoms with Gasteiger partial charge >= 0.3 is 0 Å². The lowest BCUT2D eigenvalue weighted by Crippen LogP contribution is -2.33. The molecule has 118 valence electrons. The quantitative estimate of drug-likeness (QED) is 0.849. The second-order valence-electron chi connectivity index (χ2n) is 4.90. The first-order valence-electron chi connectivity index (χ1n) is 6.92. The highest BCUT2D eigenvalue weighted by Gasteiger charge is 2.29. The van der Waals surface area contributed by atoms with Crippen LogP contribution in [0.15, 0.2) is 41.6 Å². The van der Waals surface area contributed by atoms with E-state index in [1.54, 1.807) is 32.9 Å². The Morgan fingerprint density at radius 3 is 2.23 bits per heavy atom. The van der Waals surface area contributed by atoms with Gasteiger partial charge < -0.3 is 0 Å². The van der Waals surface area contributed by atoms with Crippen LogP contribution in [-0.4, -0.2) is 29.2 Å². The third-order valence-corrected chi connectivity index (χ3v) is 5.46. The van der Waals surface area contributed by atoms with Gasteiger partial charge in [0.15, 0.2) is 0 Å². The zero-order valence-electron chi connectivity index (χ0n) is 12.7. The van der Waals surface area contributed by atoms with Crippen LogP contribution in [0.4, 0.5) is 4.39 Å². The minimum absolute atomic E-state index is 0.0499. The maximum absolute atomic E-state index is 13.0. The number of rotatable bonds is 5. The first-order valence-corrected chi connectivity index (χ1v) is 8.36. The highest BCUT2D eigenvalue weighted by Crippen LogP contribution is 2.26. The van der Waals surface area contributed by atoms with E-state index < -0.39 is 16.1 Å². The Bertz CT molecular complexity index is 730. The first-order chi connectivity index (χ1) is 10.4. The Labute approximate surface area is 129 Å². The molecule has 0 N–H and O–H groups in total. The van der Waals surface area contributed by atoms with Crippen molar-refractivity contribution in [2.75, 3.05) is 6.54 Å². The van der Waals surface area contributed by atoms with Crippen molar-refractivity contribution < 1.29 is 12.8 Å². The van der Waals surface area contributed by atoms with Crippen molar-refractivity contribution in [1.29, 1.82) is 0 Å². The lowest BCUT2D eigenvalue weighted by Gasteiger charge is -2.27. The van der Waals surface area contributed by atoms with E-state index in [1.807, 2.05) is 0 Å². The monoisotopic (exact) mass is 323 g/mol. The fourth-order valence-electron chi connectivity index (χ4n) is 2.21. The van der Waals surface area contributed by atoms with Gasteiger partial charge in [-0.25, -0.2) is 22.8 Å². The number of benzene rings is 1. The molecule has 1 heterocycles. The van der Waals surface area contributed by atoms with E-state index in [1.165, 1.54) is 28.8 Å². The number of sulfonamides is 1. The van der Waals surface area contributed by atoms with E-state index in [0.717, 1.165) is 5.56 Å². The van der Waals surface area contributed by atoms with Gasteiger partial charge in [0.2, 0.25) is 10.0 Å². The van der Waals surface area contributed by atoms with Gasteiger partial charge in [0.1, 0.15) is 16.5 Å². The van der Waals surface area contributed by atoms with Crippen molar-refractivity contribution in [2.24, 2.45) is 0 Å². The lowest BCUT2D eigenvalue weighted by molar-refractivity contribution is 0.356. The van der Waals surface area contributed by atoms with Crippen LogP contribution in [-0.2, 0) is 10.0 Å². The third-order valence-electron chi connectivity index (χ3n) is 3.46. The van der Waals surface area contributed by atoms with Gasteiger partial charge in [0.25, 0.3) is 0 Å². The molecule has 2 rings (SSSR count). The van der Waals surface area contributed by atoms with Crippen LogP contribution in [0.2, 0.25) is 0 Å². The van der Waals surface area contributed by atoms with Crippen LogP contribution in [0, 0.1) is 12.7 Å². The molecule has 0 bridgehead atoms. The number of aryl methyl sites for hydroxylation is 1. The smallest absolute Gasteiger partial charge is 0.240 e. The molecule has 1 atom stereocenters. The van der Waals surface area contributed by atoms with Gasteiger partial charge in [-0.05, 0) is 31.5 Å². The van der Waals surface area contributed by atoms with Crippen molar-refractivity contribution >= 4 is 10.0 Å². The number of nitrogens with zero attached hydrogens (tertiary/aromatic N) is 3. The summed E-state index contributed by atoms with van der Waals surface area (Å²) in [5, 5.41) is 0. The number of halogens is 1. The molecule has 0 spiro atoms. The molecule has 0 aliphatic carbocycles. The minimum atomic E-state index is -3.71. The molecule has 2 aromatic rings. The van der Waals surface area contributed by atoms with Crippen LogP contribution in [0.25, 0.3) is 0 Å². The topological polar surface area (TPSA) is 63.2 Å². The Balaban J connectivity index is 2.37. The SMILES string of the molecule is CCN([C@H](C)c1ccc(F)cc1)S(=O)(=O)c1cnc(C)nc1. The van der Waals surface area contributed by atoms with Crippen LogP contribution in [0.5, 0.6) is 0 Å². The second-order valence-corrected chi connectivity index (χ2v) is 6.79. The molecule has 0 saturated carbocycles. The molecular weight excluding hydrogens is 305 g/mol. The first kappa shape index (κ1) is 16.5. The van der Waals surface area contributed by atoms with Crippen LogP contribution < -0.4 is 0 Å². The Hall–Kier alpha value is -1.86. The molecule has 22 heavy (non-hydrogen) atoms. The normalized spacial score (nSPS) is 13.3. The molecule has 0 unspecified atom stereocenters. The predicted octanol–water partition coefficient (Wildman–Crippen LogP) is 2.70. The van der Waals surface area contributed by atoms with Gasteiger partial charge in [-0.15, -0.1) is 0 Å². The van der Waals surface area contributed by atoms with E-state index in [0.29, 0.717) is 5.82 Å².